The number of hydrogen-bond donors (Lipinski definition) is 0. The minimum atomic E-state index is -0.258. The zero-order valence-corrected chi connectivity index (χ0v) is 13.7. The molecule has 0 atom stereocenters. The van der Waals surface area contributed by atoms with Crippen LogP contribution in [0.4, 0.5) is 0 Å². The van der Waals surface area contributed by atoms with Crippen molar-refractivity contribution < 1.29 is 14.2 Å². The van der Waals surface area contributed by atoms with Crippen molar-refractivity contribution in [1.82, 2.24) is 4.90 Å². The summed E-state index contributed by atoms with van der Waals surface area (Å²) in [5.74, 6) is 1.32. The number of hydrogen-bond acceptors (Lipinski definition) is 4. The largest absolute Gasteiger partial charge is 0.492 e. The molecule has 22 heavy (non-hydrogen) atoms. The van der Waals surface area contributed by atoms with Crippen molar-refractivity contribution in [3.8, 4) is 5.75 Å². The Kier molecular flexibility index (Phi) is 5.01. The molecule has 0 amide bonds. The summed E-state index contributed by atoms with van der Waals surface area (Å²) in [6.45, 7) is 3.17. The van der Waals surface area contributed by atoms with E-state index in [4.69, 9.17) is 14.2 Å². The highest BCUT2D eigenvalue weighted by Crippen LogP contribution is 2.42. The fourth-order valence-corrected chi connectivity index (χ4v) is 3.36. The minimum absolute atomic E-state index is 0.258. The Morgan fingerprint density at radius 2 is 1.73 bits per heavy atom. The number of rotatable bonds is 5. The van der Waals surface area contributed by atoms with Gasteiger partial charge in [-0.25, -0.2) is 0 Å². The van der Waals surface area contributed by atoms with Crippen molar-refractivity contribution in [2.75, 3.05) is 40.5 Å². The average molecular weight is 305 g/mol. The van der Waals surface area contributed by atoms with Gasteiger partial charge in [0.25, 0.3) is 0 Å². The zero-order valence-electron chi connectivity index (χ0n) is 13.7. The molecule has 1 spiro atoms. The van der Waals surface area contributed by atoms with Crippen molar-refractivity contribution in [1.29, 1.82) is 0 Å². The lowest BCUT2D eigenvalue weighted by Crippen LogP contribution is -2.34. The molecule has 1 aromatic carbocycles. The standard InChI is InChI=1S/C18H27NO3/c1-19(2)11-12-20-17-5-3-15(4-6-17)16-7-9-18(10-8-16)21-13-14-22-18/h3-6,16H,7-14H2,1-2H3. The minimum Gasteiger partial charge on any atom is -0.492 e. The van der Waals surface area contributed by atoms with Crippen LogP contribution in [-0.2, 0) is 9.47 Å². The van der Waals surface area contributed by atoms with Crippen LogP contribution in [0.5, 0.6) is 5.75 Å². The number of benzene rings is 1. The first-order valence-electron chi connectivity index (χ1n) is 8.32. The topological polar surface area (TPSA) is 30.9 Å². The first-order chi connectivity index (χ1) is 10.7. The van der Waals surface area contributed by atoms with Crippen LogP contribution in [0.25, 0.3) is 0 Å². The van der Waals surface area contributed by atoms with Crippen LogP contribution >= 0.6 is 0 Å². The summed E-state index contributed by atoms with van der Waals surface area (Å²) in [7, 11) is 4.11. The van der Waals surface area contributed by atoms with Gasteiger partial charge in [0.1, 0.15) is 12.4 Å². The van der Waals surface area contributed by atoms with E-state index < -0.39 is 0 Å². The Morgan fingerprint density at radius 1 is 1.09 bits per heavy atom. The molecule has 2 aliphatic rings. The van der Waals surface area contributed by atoms with Crippen molar-refractivity contribution in [2.24, 2.45) is 0 Å². The highest BCUT2D eigenvalue weighted by Gasteiger charge is 2.40. The molecule has 0 N–H and O–H groups in total. The second-order valence-electron chi connectivity index (χ2n) is 6.60. The van der Waals surface area contributed by atoms with E-state index in [-0.39, 0.29) is 5.79 Å². The van der Waals surface area contributed by atoms with Gasteiger partial charge >= 0.3 is 0 Å². The molecule has 1 heterocycles. The Bertz CT molecular complexity index is 456. The molecule has 1 aromatic rings. The van der Waals surface area contributed by atoms with Crippen LogP contribution < -0.4 is 4.74 Å². The number of nitrogens with zero attached hydrogens (tertiary/aromatic N) is 1. The van der Waals surface area contributed by atoms with Crippen molar-refractivity contribution in [3.05, 3.63) is 29.8 Å². The van der Waals surface area contributed by atoms with Gasteiger partial charge in [0.15, 0.2) is 5.79 Å². The summed E-state index contributed by atoms with van der Waals surface area (Å²) in [4.78, 5) is 2.12. The maximum atomic E-state index is 5.80. The highest BCUT2D eigenvalue weighted by molar-refractivity contribution is 5.29. The molecule has 122 valence electrons. The van der Waals surface area contributed by atoms with Gasteiger partial charge in [-0.1, -0.05) is 12.1 Å². The molecule has 0 unspecified atom stereocenters. The molecular formula is C18H27NO3. The van der Waals surface area contributed by atoms with E-state index in [1.54, 1.807) is 0 Å². The molecule has 3 rings (SSSR count). The molecule has 1 aliphatic heterocycles. The molecule has 2 fully saturated rings. The van der Waals surface area contributed by atoms with E-state index in [9.17, 15) is 0 Å². The average Bonchev–Trinajstić information content (AvgIpc) is 2.97. The van der Waals surface area contributed by atoms with E-state index in [2.05, 4.69) is 43.3 Å². The third-order valence-electron chi connectivity index (χ3n) is 4.72. The van der Waals surface area contributed by atoms with E-state index >= 15 is 0 Å². The maximum absolute atomic E-state index is 5.80. The third-order valence-corrected chi connectivity index (χ3v) is 4.72. The molecule has 1 aliphatic carbocycles. The Morgan fingerprint density at radius 3 is 2.32 bits per heavy atom. The number of ether oxygens (including phenoxy) is 3. The molecule has 0 aromatic heterocycles. The first kappa shape index (κ1) is 15.8. The van der Waals surface area contributed by atoms with Gasteiger partial charge in [-0.05, 0) is 50.6 Å². The quantitative estimate of drug-likeness (QED) is 0.837. The van der Waals surface area contributed by atoms with Gasteiger partial charge in [-0.15, -0.1) is 0 Å². The third kappa shape index (κ3) is 3.80. The molecule has 4 nitrogen and oxygen atoms in total. The molecular weight excluding hydrogens is 278 g/mol. The smallest absolute Gasteiger partial charge is 0.168 e. The predicted octanol–water partition coefficient (Wildman–Crippen LogP) is 3.03. The molecule has 0 radical (unpaired) electrons. The predicted molar refractivity (Wildman–Crippen MR) is 86.3 cm³/mol. The van der Waals surface area contributed by atoms with E-state index in [0.717, 1.165) is 57.8 Å². The first-order valence-corrected chi connectivity index (χ1v) is 8.32. The van der Waals surface area contributed by atoms with E-state index in [1.807, 2.05) is 0 Å². The van der Waals surface area contributed by atoms with Crippen LogP contribution in [0.3, 0.4) is 0 Å². The van der Waals surface area contributed by atoms with Gasteiger partial charge in [-0.2, -0.15) is 0 Å². The lowest BCUT2D eigenvalue weighted by Gasteiger charge is -2.35. The molecule has 1 saturated heterocycles. The van der Waals surface area contributed by atoms with Crippen LogP contribution in [0.2, 0.25) is 0 Å². The van der Waals surface area contributed by atoms with Crippen LogP contribution in [-0.4, -0.2) is 51.1 Å². The Labute approximate surface area is 133 Å². The van der Waals surface area contributed by atoms with Crippen molar-refractivity contribution in [3.63, 3.8) is 0 Å². The second kappa shape index (κ2) is 6.99. The molecule has 1 saturated carbocycles. The lowest BCUT2D eigenvalue weighted by molar-refractivity contribution is -0.178. The summed E-state index contributed by atoms with van der Waals surface area (Å²) in [5, 5.41) is 0. The second-order valence-corrected chi connectivity index (χ2v) is 6.60. The summed E-state index contributed by atoms with van der Waals surface area (Å²) in [6, 6.07) is 8.61. The molecule has 4 heteroatoms. The zero-order chi connectivity index (χ0) is 15.4. The SMILES string of the molecule is CN(C)CCOc1ccc(C2CCC3(CC2)OCCO3)cc1. The van der Waals surface area contributed by atoms with Gasteiger partial charge in [-0.3, -0.25) is 0 Å². The Hall–Kier alpha value is -1.10. The van der Waals surface area contributed by atoms with Gasteiger partial charge < -0.3 is 19.1 Å². The van der Waals surface area contributed by atoms with Gasteiger partial charge in [0.2, 0.25) is 0 Å². The summed E-state index contributed by atoms with van der Waals surface area (Å²) < 4.78 is 17.4. The lowest BCUT2D eigenvalue weighted by atomic mass is 9.81. The summed E-state index contributed by atoms with van der Waals surface area (Å²) in [5.41, 5.74) is 1.41. The number of likely N-dealkylation sites (N-methyl/N-ethyl adjacent to an activating group) is 1. The van der Waals surface area contributed by atoms with Crippen molar-refractivity contribution >= 4 is 0 Å². The summed E-state index contributed by atoms with van der Waals surface area (Å²) in [6.07, 6.45) is 4.30. The highest BCUT2D eigenvalue weighted by atomic mass is 16.7. The van der Waals surface area contributed by atoms with Gasteiger partial charge in [0.05, 0.1) is 13.2 Å². The normalized spacial score (nSPS) is 21.6. The monoisotopic (exact) mass is 305 g/mol. The van der Waals surface area contributed by atoms with Crippen LogP contribution in [0, 0.1) is 0 Å². The van der Waals surface area contributed by atoms with Crippen LogP contribution in [0.15, 0.2) is 24.3 Å². The summed E-state index contributed by atoms with van der Waals surface area (Å²) >= 11 is 0. The van der Waals surface area contributed by atoms with E-state index in [1.165, 1.54) is 5.56 Å². The van der Waals surface area contributed by atoms with Gasteiger partial charge in [0, 0.05) is 19.4 Å². The maximum Gasteiger partial charge on any atom is 0.168 e. The fourth-order valence-electron chi connectivity index (χ4n) is 3.36. The fraction of sp³-hybridized carbons (Fsp3) is 0.667. The molecule has 0 bridgehead atoms. The van der Waals surface area contributed by atoms with Crippen molar-refractivity contribution in [2.45, 2.75) is 37.4 Å². The van der Waals surface area contributed by atoms with E-state index in [0.29, 0.717) is 5.92 Å². The van der Waals surface area contributed by atoms with Crippen LogP contribution in [0.1, 0.15) is 37.2 Å². The Balaban J connectivity index is 1.50.